The van der Waals surface area contributed by atoms with E-state index in [0.717, 1.165) is 6.42 Å². The number of halogens is 1. The maximum atomic E-state index is 13.1. The topological polar surface area (TPSA) is 49.4 Å². The highest BCUT2D eigenvalue weighted by molar-refractivity contribution is 7.98. The lowest BCUT2D eigenvalue weighted by molar-refractivity contribution is 0.365. The molecule has 0 radical (unpaired) electrons. The summed E-state index contributed by atoms with van der Waals surface area (Å²) in [5.74, 6) is 5.35. The molecule has 0 bridgehead atoms. The number of rotatable bonds is 4. The van der Waals surface area contributed by atoms with E-state index in [1.54, 1.807) is 0 Å². The third kappa shape index (κ3) is 4.64. The van der Waals surface area contributed by atoms with Crippen molar-refractivity contribution in [1.82, 2.24) is 9.62 Å². The summed E-state index contributed by atoms with van der Waals surface area (Å²) >= 11 is 0. The van der Waals surface area contributed by atoms with E-state index >= 15 is 0 Å². The predicted octanol–water partition coefficient (Wildman–Crippen LogP) is 2.21. The quantitative estimate of drug-likeness (QED) is 0.858. The van der Waals surface area contributed by atoms with Gasteiger partial charge in [0.15, 0.2) is 0 Å². The Morgan fingerprint density at radius 2 is 1.96 bits per heavy atom. The summed E-state index contributed by atoms with van der Waals surface area (Å²) in [5.41, 5.74) is 0.454. The molecule has 1 fully saturated rings. The van der Waals surface area contributed by atoms with Gasteiger partial charge in [-0.3, -0.25) is 0 Å². The van der Waals surface area contributed by atoms with Crippen LogP contribution in [-0.2, 0) is 10.0 Å². The zero-order valence-corrected chi connectivity index (χ0v) is 14.0. The molecule has 1 aromatic rings. The van der Waals surface area contributed by atoms with Crippen molar-refractivity contribution in [1.29, 1.82) is 0 Å². The second-order valence-electron chi connectivity index (χ2n) is 5.24. The smallest absolute Gasteiger partial charge is 0.244 e. The van der Waals surface area contributed by atoms with E-state index in [-0.39, 0.29) is 4.91 Å². The zero-order chi connectivity index (χ0) is 16.7. The van der Waals surface area contributed by atoms with Gasteiger partial charge in [0.25, 0.3) is 0 Å². The molecule has 0 atom stereocenters. The van der Waals surface area contributed by atoms with Crippen LogP contribution >= 0.6 is 0 Å². The van der Waals surface area contributed by atoms with Gasteiger partial charge in [0.2, 0.25) is 10.0 Å². The van der Waals surface area contributed by atoms with E-state index in [1.807, 2.05) is 6.92 Å². The van der Waals surface area contributed by atoms with Crippen molar-refractivity contribution in [2.75, 3.05) is 26.2 Å². The molecule has 1 aliphatic rings. The molecule has 1 saturated heterocycles. The number of nitrogens with zero attached hydrogens (tertiary/aromatic N) is 1. The van der Waals surface area contributed by atoms with Crippen molar-refractivity contribution in [3.63, 3.8) is 0 Å². The standard InChI is InChI=1S/C17H21FN2O2S/c1-2-3-4-5-6-17(15-7-9-16(18)10-8-15)23(21,22)20-13-11-19-12-14-20/h6-10,19H,2-3,11-14H2,1H3/b17-6+. The average molecular weight is 336 g/mol. The second kappa shape index (κ2) is 8.25. The summed E-state index contributed by atoms with van der Waals surface area (Å²) < 4.78 is 40.4. The molecule has 0 saturated carbocycles. The van der Waals surface area contributed by atoms with Crippen LogP contribution in [0.25, 0.3) is 4.91 Å². The molecule has 1 N–H and O–H groups in total. The Hall–Kier alpha value is -1.68. The molecular weight excluding hydrogens is 315 g/mol. The summed E-state index contributed by atoms with van der Waals surface area (Å²) in [4.78, 5) is 0.128. The zero-order valence-electron chi connectivity index (χ0n) is 13.2. The van der Waals surface area contributed by atoms with Crippen molar-refractivity contribution < 1.29 is 12.8 Å². The van der Waals surface area contributed by atoms with Gasteiger partial charge in [-0.15, -0.1) is 0 Å². The molecule has 124 valence electrons. The Labute approximate surface area is 137 Å². The number of hydrogen-bond donors (Lipinski definition) is 1. The largest absolute Gasteiger partial charge is 0.314 e. The van der Waals surface area contributed by atoms with Crippen molar-refractivity contribution in [3.05, 3.63) is 41.7 Å². The molecule has 0 aromatic heterocycles. The first-order valence-electron chi connectivity index (χ1n) is 7.71. The van der Waals surface area contributed by atoms with Crippen LogP contribution in [0.15, 0.2) is 30.3 Å². The van der Waals surface area contributed by atoms with Crippen LogP contribution < -0.4 is 5.32 Å². The summed E-state index contributed by atoms with van der Waals surface area (Å²) in [6.07, 6.45) is 3.05. The lowest BCUT2D eigenvalue weighted by Crippen LogP contribution is -2.46. The van der Waals surface area contributed by atoms with Gasteiger partial charge < -0.3 is 5.32 Å². The fourth-order valence-electron chi connectivity index (χ4n) is 2.26. The Morgan fingerprint density at radius 3 is 2.57 bits per heavy atom. The maximum absolute atomic E-state index is 13.1. The fraction of sp³-hybridized carbons (Fsp3) is 0.412. The van der Waals surface area contributed by atoms with Crippen LogP contribution in [0.4, 0.5) is 4.39 Å². The van der Waals surface area contributed by atoms with E-state index in [9.17, 15) is 12.8 Å². The first-order chi connectivity index (χ1) is 11.1. The van der Waals surface area contributed by atoms with Gasteiger partial charge in [0, 0.05) is 38.7 Å². The van der Waals surface area contributed by atoms with E-state index in [4.69, 9.17) is 0 Å². The van der Waals surface area contributed by atoms with Gasteiger partial charge in [0.05, 0.1) is 4.91 Å². The molecule has 1 aliphatic heterocycles. The Morgan fingerprint density at radius 1 is 1.30 bits per heavy atom. The first-order valence-corrected chi connectivity index (χ1v) is 9.15. The van der Waals surface area contributed by atoms with Gasteiger partial charge in [-0.25, -0.2) is 12.8 Å². The molecule has 0 amide bonds. The predicted molar refractivity (Wildman–Crippen MR) is 90.4 cm³/mol. The highest BCUT2D eigenvalue weighted by Gasteiger charge is 2.28. The number of unbranched alkanes of at least 4 members (excludes halogenated alkanes) is 1. The normalized spacial score (nSPS) is 16.7. The third-order valence-corrected chi connectivity index (χ3v) is 5.46. The Kier molecular flexibility index (Phi) is 6.34. The summed E-state index contributed by atoms with van der Waals surface area (Å²) in [5, 5.41) is 3.13. The Bertz CT molecular complexity index is 709. The van der Waals surface area contributed by atoms with Crippen molar-refractivity contribution in [2.45, 2.75) is 19.8 Å². The number of piperazine rings is 1. The van der Waals surface area contributed by atoms with E-state index < -0.39 is 15.8 Å². The van der Waals surface area contributed by atoms with Crippen molar-refractivity contribution in [3.8, 4) is 11.8 Å². The summed E-state index contributed by atoms with van der Waals surface area (Å²) in [6, 6.07) is 5.47. The number of sulfonamides is 1. The van der Waals surface area contributed by atoms with Crippen LogP contribution in [0.1, 0.15) is 25.3 Å². The minimum Gasteiger partial charge on any atom is -0.314 e. The highest BCUT2D eigenvalue weighted by atomic mass is 32.2. The number of nitrogens with one attached hydrogen (secondary N) is 1. The molecular formula is C17H21FN2O2S. The third-order valence-electron chi connectivity index (χ3n) is 3.50. The monoisotopic (exact) mass is 336 g/mol. The molecule has 6 heteroatoms. The molecule has 23 heavy (non-hydrogen) atoms. The van der Waals surface area contributed by atoms with Crippen molar-refractivity contribution >= 4 is 14.9 Å². The van der Waals surface area contributed by atoms with Gasteiger partial charge in [0.1, 0.15) is 5.82 Å². The van der Waals surface area contributed by atoms with E-state index in [0.29, 0.717) is 38.2 Å². The van der Waals surface area contributed by atoms with Gasteiger partial charge in [-0.2, -0.15) is 4.31 Å². The van der Waals surface area contributed by atoms with Gasteiger partial charge >= 0.3 is 0 Å². The fourth-order valence-corrected chi connectivity index (χ4v) is 3.84. The summed E-state index contributed by atoms with van der Waals surface area (Å²) in [6.45, 7) is 4.10. The van der Waals surface area contributed by atoms with Crippen LogP contribution in [-0.4, -0.2) is 38.9 Å². The molecule has 0 spiro atoms. The minimum atomic E-state index is -3.65. The molecule has 1 heterocycles. The second-order valence-corrected chi connectivity index (χ2v) is 7.15. The lowest BCUT2D eigenvalue weighted by atomic mass is 10.2. The average Bonchev–Trinajstić information content (AvgIpc) is 2.57. The summed E-state index contributed by atoms with van der Waals surface area (Å²) in [7, 11) is -3.65. The van der Waals surface area contributed by atoms with Gasteiger partial charge in [-0.05, 0) is 24.1 Å². The number of benzene rings is 1. The lowest BCUT2D eigenvalue weighted by Gasteiger charge is -2.27. The van der Waals surface area contributed by atoms with Crippen LogP contribution in [0, 0.1) is 17.7 Å². The number of hydrogen-bond acceptors (Lipinski definition) is 3. The molecule has 4 nitrogen and oxygen atoms in total. The van der Waals surface area contributed by atoms with E-state index in [2.05, 4.69) is 17.2 Å². The minimum absolute atomic E-state index is 0.128. The molecule has 0 unspecified atom stereocenters. The van der Waals surface area contributed by atoms with Crippen LogP contribution in [0.2, 0.25) is 0 Å². The highest BCUT2D eigenvalue weighted by Crippen LogP contribution is 2.25. The first kappa shape index (κ1) is 17.7. The van der Waals surface area contributed by atoms with Gasteiger partial charge in [-0.1, -0.05) is 30.9 Å². The van der Waals surface area contributed by atoms with Crippen LogP contribution in [0.5, 0.6) is 0 Å². The van der Waals surface area contributed by atoms with E-state index in [1.165, 1.54) is 34.6 Å². The molecule has 1 aromatic carbocycles. The Balaban J connectivity index is 2.40. The molecule has 0 aliphatic carbocycles. The number of allylic oxidation sites excluding steroid dienone is 1. The molecule has 2 rings (SSSR count). The SMILES string of the molecule is CCCC#C/C=C(\c1ccc(F)cc1)S(=O)(=O)N1CCNCC1. The van der Waals surface area contributed by atoms with Crippen molar-refractivity contribution in [2.24, 2.45) is 0 Å². The maximum Gasteiger partial charge on any atom is 0.244 e. The van der Waals surface area contributed by atoms with Crippen LogP contribution in [0.3, 0.4) is 0 Å².